The lowest BCUT2D eigenvalue weighted by Crippen LogP contribution is -2.14. The zero-order chi connectivity index (χ0) is 14.1. The van der Waals surface area contributed by atoms with E-state index in [1.54, 1.807) is 0 Å². The first-order chi connectivity index (χ1) is 7.99. The van der Waals surface area contributed by atoms with Crippen molar-refractivity contribution in [2.75, 3.05) is 0 Å². The van der Waals surface area contributed by atoms with Crippen LogP contribution in [0.5, 0.6) is 5.75 Å². The van der Waals surface area contributed by atoms with Crippen LogP contribution in [0.25, 0.3) is 0 Å². The van der Waals surface area contributed by atoms with E-state index >= 15 is 0 Å². The third-order valence-electron chi connectivity index (χ3n) is 1.71. The first kappa shape index (κ1) is 14.6. The number of rotatable bonds is 3. The molecule has 0 fully saturated rings. The molecule has 4 nitrogen and oxygen atoms in total. The summed E-state index contributed by atoms with van der Waals surface area (Å²) in [6.07, 6.45) is -6.47. The second-order valence-electron chi connectivity index (χ2n) is 3.15. The lowest BCUT2D eigenvalue weighted by Gasteiger charge is -2.09. The molecule has 18 heavy (non-hydrogen) atoms. The van der Waals surface area contributed by atoms with Gasteiger partial charge in [-0.15, -0.1) is 0 Å². The van der Waals surface area contributed by atoms with E-state index in [0.29, 0.717) is 12.1 Å². The maximum Gasteiger partial charge on any atom is 0.446 e. The van der Waals surface area contributed by atoms with Gasteiger partial charge in [0, 0.05) is 5.56 Å². The van der Waals surface area contributed by atoms with Crippen LogP contribution < -0.4 is 4.18 Å². The van der Waals surface area contributed by atoms with Crippen LogP contribution in [0.4, 0.5) is 22.0 Å². The van der Waals surface area contributed by atoms with E-state index < -0.39 is 45.9 Å². The summed E-state index contributed by atoms with van der Waals surface area (Å²) in [7, 11) is -5.09. The van der Waals surface area contributed by atoms with Crippen molar-refractivity contribution in [3.63, 3.8) is 0 Å². The van der Waals surface area contributed by atoms with Crippen LogP contribution in [0.15, 0.2) is 12.1 Å². The number of benzene rings is 1. The Bertz CT molecular complexity index is 551. The first-order valence-corrected chi connectivity index (χ1v) is 5.56. The average Bonchev–Trinajstić information content (AvgIpc) is 2.14. The molecule has 0 aliphatic carbocycles. The van der Waals surface area contributed by atoms with E-state index in [9.17, 15) is 30.4 Å². The van der Waals surface area contributed by atoms with Crippen molar-refractivity contribution in [3.05, 3.63) is 29.3 Å². The predicted molar refractivity (Wildman–Crippen MR) is 48.3 cm³/mol. The van der Waals surface area contributed by atoms with Crippen molar-refractivity contribution in [1.82, 2.24) is 0 Å². The SMILES string of the molecule is O=S(=O)(O)Oc1ccc(CC(F)(F)F)c(F)c1F. The maximum atomic E-state index is 13.1. The second-order valence-corrected chi connectivity index (χ2v) is 4.18. The zero-order valence-electron chi connectivity index (χ0n) is 8.33. The molecule has 1 aromatic rings. The molecule has 0 aliphatic heterocycles. The zero-order valence-corrected chi connectivity index (χ0v) is 9.15. The summed E-state index contributed by atoms with van der Waals surface area (Å²) in [5.41, 5.74) is -1.01. The van der Waals surface area contributed by atoms with Crippen molar-refractivity contribution in [1.29, 1.82) is 0 Å². The standard InChI is InChI=1S/C8H5F5O4S/c9-6-4(3-8(11,12)13)1-2-5(7(6)10)17-18(14,15)16/h1-2H,3H2,(H,14,15,16). The van der Waals surface area contributed by atoms with Gasteiger partial charge in [0.1, 0.15) is 0 Å². The molecule has 0 aromatic heterocycles. The number of hydrogen-bond acceptors (Lipinski definition) is 3. The third-order valence-corrected chi connectivity index (χ3v) is 2.10. The molecule has 0 unspecified atom stereocenters. The van der Waals surface area contributed by atoms with E-state index in [1.807, 2.05) is 0 Å². The van der Waals surface area contributed by atoms with Gasteiger partial charge in [-0.25, -0.2) is 4.39 Å². The summed E-state index contributed by atoms with van der Waals surface area (Å²) < 4.78 is 94.5. The molecule has 1 rings (SSSR count). The minimum Gasteiger partial charge on any atom is -0.359 e. The molecule has 10 heteroatoms. The summed E-state index contributed by atoms with van der Waals surface area (Å²) in [6.45, 7) is 0. The topological polar surface area (TPSA) is 63.6 Å². The van der Waals surface area contributed by atoms with Crippen LogP contribution in [0.2, 0.25) is 0 Å². The molecule has 0 heterocycles. The maximum absolute atomic E-state index is 13.1. The molecule has 0 amide bonds. The Balaban J connectivity index is 3.13. The highest BCUT2D eigenvalue weighted by molar-refractivity contribution is 7.81. The molecule has 0 radical (unpaired) electrons. The summed E-state index contributed by atoms with van der Waals surface area (Å²) in [6, 6.07) is 0.972. The highest BCUT2D eigenvalue weighted by Crippen LogP contribution is 2.28. The summed E-state index contributed by atoms with van der Waals surface area (Å²) in [5.74, 6) is -5.07. The Morgan fingerprint density at radius 1 is 1.17 bits per heavy atom. The van der Waals surface area contributed by atoms with Crippen molar-refractivity contribution in [2.45, 2.75) is 12.6 Å². The first-order valence-electron chi connectivity index (χ1n) is 4.20. The normalized spacial score (nSPS) is 12.6. The summed E-state index contributed by atoms with van der Waals surface area (Å²) >= 11 is 0. The predicted octanol–water partition coefficient (Wildman–Crippen LogP) is 2.25. The van der Waals surface area contributed by atoms with E-state index in [1.165, 1.54) is 0 Å². The van der Waals surface area contributed by atoms with Crippen molar-refractivity contribution >= 4 is 10.4 Å². The Labute approximate surface area is 97.9 Å². The van der Waals surface area contributed by atoms with Gasteiger partial charge in [-0.1, -0.05) is 6.07 Å². The van der Waals surface area contributed by atoms with Crippen LogP contribution in [0, 0.1) is 11.6 Å². The van der Waals surface area contributed by atoms with Gasteiger partial charge in [0.15, 0.2) is 11.6 Å². The lowest BCUT2D eigenvalue weighted by molar-refractivity contribution is -0.127. The van der Waals surface area contributed by atoms with Gasteiger partial charge in [-0.2, -0.15) is 26.0 Å². The fourth-order valence-corrected chi connectivity index (χ4v) is 1.46. The highest BCUT2D eigenvalue weighted by Gasteiger charge is 2.31. The molecule has 0 spiro atoms. The van der Waals surface area contributed by atoms with Crippen molar-refractivity contribution in [2.24, 2.45) is 0 Å². The van der Waals surface area contributed by atoms with Crippen LogP contribution in [-0.2, 0) is 16.8 Å². The number of alkyl halides is 3. The van der Waals surface area contributed by atoms with Crippen LogP contribution in [-0.4, -0.2) is 19.1 Å². The summed E-state index contributed by atoms with van der Waals surface area (Å²) in [5, 5.41) is 0. The molecule has 102 valence electrons. The van der Waals surface area contributed by atoms with Gasteiger partial charge in [0.05, 0.1) is 6.42 Å². The molecular formula is C8H5F5O4S. The van der Waals surface area contributed by atoms with Gasteiger partial charge in [-0.05, 0) is 6.07 Å². The number of halogens is 5. The quantitative estimate of drug-likeness (QED) is 0.685. The largest absolute Gasteiger partial charge is 0.446 e. The molecule has 0 bridgehead atoms. The van der Waals surface area contributed by atoms with Gasteiger partial charge >= 0.3 is 16.6 Å². The molecule has 0 atom stereocenters. The highest BCUT2D eigenvalue weighted by atomic mass is 32.3. The Kier molecular flexibility index (Phi) is 3.81. The Morgan fingerprint density at radius 3 is 2.17 bits per heavy atom. The average molecular weight is 292 g/mol. The van der Waals surface area contributed by atoms with Crippen molar-refractivity contribution < 1.29 is 39.1 Å². The minimum absolute atomic E-state index is 0.466. The second kappa shape index (κ2) is 4.69. The fourth-order valence-electron chi connectivity index (χ4n) is 1.10. The fraction of sp³-hybridized carbons (Fsp3) is 0.250. The molecule has 1 aromatic carbocycles. The Morgan fingerprint density at radius 2 is 1.72 bits per heavy atom. The van der Waals surface area contributed by atoms with Crippen LogP contribution >= 0.6 is 0 Å². The van der Waals surface area contributed by atoms with E-state index in [4.69, 9.17) is 4.55 Å². The smallest absolute Gasteiger partial charge is 0.359 e. The Hall–Kier alpha value is -1.42. The molecule has 0 aliphatic rings. The monoisotopic (exact) mass is 292 g/mol. The molecule has 0 saturated carbocycles. The molecule has 0 saturated heterocycles. The minimum atomic E-state index is -5.09. The van der Waals surface area contributed by atoms with E-state index in [0.717, 1.165) is 0 Å². The van der Waals surface area contributed by atoms with Gasteiger partial charge < -0.3 is 4.18 Å². The van der Waals surface area contributed by atoms with Crippen molar-refractivity contribution in [3.8, 4) is 5.75 Å². The van der Waals surface area contributed by atoms with Crippen LogP contribution in [0.1, 0.15) is 5.56 Å². The van der Waals surface area contributed by atoms with E-state index in [-0.39, 0.29) is 0 Å². The third kappa shape index (κ3) is 4.11. The van der Waals surface area contributed by atoms with Gasteiger partial charge in [0.25, 0.3) is 0 Å². The van der Waals surface area contributed by atoms with E-state index in [2.05, 4.69) is 4.18 Å². The van der Waals surface area contributed by atoms with Crippen LogP contribution in [0.3, 0.4) is 0 Å². The number of hydrogen-bond donors (Lipinski definition) is 1. The lowest BCUT2D eigenvalue weighted by atomic mass is 10.1. The summed E-state index contributed by atoms with van der Waals surface area (Å²) in [4.78, 5) is 0. The molecular weight excluding hydrogens is 287 g/mol. The van der Waals surface area contributed by atoms with Gasteiger partial charge in [-0.3, -0.25) is 4.55 Å². The van der Waals surface area contributed by atoms with Gasteiger partial charge in [0.2, 0.25) is 5.82 Å². The molecule has 1 N–H and O–H groups in total.